The summed E-state index contributed by atoms with van der Waals surface area (Å²) >= 11 is 3.21. The summed E-state index contributed by atoms with van der Waals surface area (Å²) in [7, 11) is 3.30. The van der Waals surface area contributed by atoms with Crippen LogP contribution in [0.3, 0.4) is 0 Å². The molecule has 8 heteroatoms. The van der Waals surface area contributed by atoms with Crippen LogP contribution in [-0.2, 0) is 19.1 Å². The third kappa shape index (κ3) is 10.4. The molecule has 0 aliphatic rings. The van der Waals surface area contributed by atoms with Gasteiger partial charge in [-0.25, -0.2) is 9.59 Å². The highest BCUT2D eigenvalue weighted by atomic mass is 32.2. The molecular formula is C42H38O6S2. The predicted octanol–water partition coefficient (Wildman–Crippen LogP) is 8.43. The molecule has 4 rings (SSSR count). The Hall–Kier alpha value is -5.28. The molecule has 4 aromatic carbocycles. The first kappa shape index (κ1) is 37.5. The van der Waals surface area contributed by atoms with E-state index < -0.39 is 11.9 Å². The van der Waals surface area contributed by atoms with Crippen LogP contribution in [0.15, 0.2) is 108 Å². The number of benzene rings is 4. The highest BCUT2D eigenvalue weighted by Gasteiger charge is 2.21. The average molecular weight is 703 g/mol. The van der Waals surface area contributed by atoms with Gasteiger partial charge in [0.05, 0.1) is 14.2 Å². The summed E-state index contributed by atoms with van der Waals surface area (Å²) in [5.41, 5.74) is 7.33. The molecule has 4 aromatic rings. The first-order chi connectivity index (χ1) is 24.3. The largest absolute Gasteiger partial charge is 0.495 e. The molecule has 0 aliphatic heterocycles. The minimum absolute atomic E-state index is 0.320. The molecule has 254 valence electrons. The highest BCUT2D eigenvalue weighted by Crippen LogP contribution is 2.43. The van der Waals surface area contributed by atoms with Crippen molar-refractivity contribution in [2.45, 2.75) is 23.6 Å². The number of carbonyl (C=O) groups is 2. The van der Waals surface area contributed by atoms with E-state index in [1.54, 1.807) is 37.7 Å². The van der Waals surface area contributed by atoms with E-state index in [2.05, 4.69) is 49.0 Å². The van der Waals surface area contributed by atoms with Crippen molar-refractivity contribution >= 4 is 35.5 Å². The summed E-state index contributed by atoms with van der Waals surface area (Å²) in [6.07, 6.45) is 2.33. The van der Waals surface area contributed by atoms with Crippen LogP contribution in [0.2, 0.25) is 0 Å². The van der Waals surface area contributed by atoms with Crippen molar-refractivity contribution in [1.29, 1.82) is 0 Å². The van der Waals surface area contributed by atoms with E-state index in [-0.39, 0.29) is 0 Å². The Morgan fingerprint density at radius 1 is 0.620 bits per heavy atom. The number of hydrogen-bond donors (Lipinski definition) is 0. The topological polar surface area (TPSA) is 71.1 Å². The maximum atomic E-state index is 11.2. The standard InChI is InChI=1S/C42H38O6S2/c1-7-38(43)47-25-27-49-35-20-13-32(14-21-35)10-9-31-11-18-34(19-12-31)40-29(3)41(45-5)37(42(46-6)30(40)4)24-17-33-15-22-36(23-16-33)50-28-26-48-39(44)8-2/h7-8,11-16,18-23H,1-2,25-28H2,3-6H3. The summed E-state index contributed by atoms with van der Waals surface area (Å²) in [6.45, 7) is 11.5. The molecule has 6 nitrogen and oxygen atoms in total. The molecule has 0 N–H and O–H groups in total. The summed E-state index contributed by atoms with van der Waals surface area (Å²) in [6, 6.07) is 24.1. The minimum Gasteiger partial charge on any atom is -0.495 e. The zero-order valence-electron chi connectivity index (χ0n) is 28.6. The van der Waals surface area contributed by atoms with Crippen molar-refractivity contribution in [3.63, 3.8) is 0 Å². The molecule has 0 fully saturated rings. The second-order valence-corrected chi connectivity index (χ2v) is 13.0. The zero-order chi connectivity index (χ0) is 35.9. The van der Waals surface area contributed by atoms with Crippen molar-refractivity contribution in [2.24, 2.45) is 0 Å². The van der Waals surface area contributed by atoms with Crippen LogP contribution in [-0.4, -0.2) is 50.9 Å². The second-order valence-electron chi connectivity index (χ2n) is 10.6. The van der Waals surface area contributed by atoms with E-state index >= 15 is 0 Å². The van der Waals surface area contributed by atoms with Gasteiger partial charge in [0.25, 0.3) is 0 Å². The molecule has 0 atom stereocenters. The zero-order valence-corrected chi connectivity index (χ0v) is 30.2. The summed E-state index contributed by atoms with van der Waals surface area (Å²) in [4.78, 5) is 24.5. The minimum atomic E-state index is -0.418. The van der Waals surface area contributed by atoms with E-state index in [0.29, 0.717) is 41.8 Å². The van der Waals surface area contributed by atoms with Gasteiger partial charge < -0.3 is 18.9 Å². The van der Waals surface area contributed by atoms with Crippen LogP contribution >= 0.6 is 23.5 Å². The number of ether oxygens (including phenoxy) is 4. The SMILES string of the molecule is C=CC(=O)OCCSc1ccc(C#Cc2ccc(-c3c(C)c(OC)c(C#Cc4ccc(SCCOC(=O)C=C)cc4)c(OC)c3C)cc2)cc1. The molecule has 0 saturated carbocycles. The van der Waals surface area contributed by atoms with Crippen LogP contribution in [0.4, 0.5) is 0 Å². The maximum Gasteiger partial charge on any atom is 0.330 e. The normalized spacial score (nSPS) is 10.1. The van der Waals surface area contributed by atoms with Gasteiger partial charge in [0, 0.05) is 61.3 Å². The van der Waals surface area contributed by atoms with Crippen LogP contribution in [0, 0.1) is 37.5 Å². The van der Waals surface area contributed by atoms with Gasteiger partial charge in [0.15, 0.2) is 0 Å². The van der Waals surface area contributed by atoms with Crippen LogP contribution < -0.4 is 9.47 Å². The molecule has 0 heterocycles. The van der Waals surface area contributed by atoms with Gasteiger partial charge in [-0.05, 0) is 85.6 Å². The Bertz CT molecular complexity index is 1930. The van der Waals surface area contributed by atoms with Crippen molar-refractivity contribution in [3.8, 4) is 46.3 Å². The highest BCUT2D eigenvalue weighted by molar-refractivity contribution is 7.99. The lowest BCUT2D eigenvalue weighted by Gasteiger charge is -2.20. The Labute approximate surface area is 303 Å². The molecule has 50 heavy (non-hydrogen) atoms. The average Bonchev–Trinajstić information content (AvgIpc) is 3.14. The Kier molecular flexibility index (Phi) is 14.3. The van der Waals surface area contributed by atoms with Crippen molar-refractivity contribution < 1.29 is 28.5 Å². The number of rotatable bonds is 13. The molecule has 0 aromatic heterocycles. The Balaban J connectivity index is 1.47. The lowest BCUT2D eigenvalue weighted by molar-refractivity contribution is -0.138. The van der Waals surface area contributed by atoms with Gasteiger partial charge in [0.2, 0.25) is 0 Å². The molecule has 0 unspecified atom stereocenters. The molecule has 0 aliphatic carbocycles. The smallest absolute Gasteiger partial charge is 0.330 e. The summed E-state index contributed by atoms with van der Waals surface area (Å²) in [5.74, 6) is 14.9. The first-order valence-corrected chi connectivity index (χ1v) is 17.7. The van der Waals surface area contributed by atoms with Crippen LogP contribution in [0.1, 0.15) is 33.4 Å². The third-order valence-electron chi connectivity index (χ3n) is 7.38. The fraction of sp³-hybridized carbons (Fsp3) is 0.190. The number of carbonyl (C=O) groups excluding carboxylic acids is 2. The van der Waals surface area contributed by atoms with Crippen molar-refractivity contribution in [1.82, 2.24) is 0 Å². The summed E-state index contributed by atoms with van der Waals surface area (Å²) < 4.78 is 21.9. The summed E-state index contributed by atoms with van der Waals surface area (Å²) in [5, 5.41) is 0. The number of methoxy groups -OCH3 is 2. The molecule has 0 spiro atoms. The number of thioether (sulfide) groups is 2. The fourth-order valence-electron chi connectivity index (χ4n) is 5.03. The van der Waals surface area contributed by atoms with E-state index in [4.69, 9.17) is 18.9 Å². The van der Waals surface area contributed by atoms with E-state index in [9.17, 15) is 9.59 Å². The fourth-order valence-corrected chi connectivity index (χ4v) is 6.49. The van der Waals surface area contributed by atoms with E-state index in [1.807, 2.05) is 74.5 Å². The van der Waals surface area contributed by atoms with Crippen LogP contribution in [0.5, 0.6) is 11.5 Å². The lowest BCUT2D eigenvalue weighted by atomic mass is 9.91. The Morgan fingerprint density at radius 3 is 1.38 bits per heavy atom. The molecule has 0 radical (unpaired) electrons. The van der Waals surface area contributed by atoms with Gasteiger partial charge in [-0.15, -0.1) is 23.5 Å². The maximum absolute atomic E-state index is 11.2. The van der Waals surface area contributed by atoms with Crippen molar-refractivity contribution in [2.75, 3.05) is 38.9 Å². The number of hydrogen-bond acceptors (Lipinski definition) is 8. The third-order valence-corrected chi connectivity index (χ3v) is 9.34. The van der Waals surface area contributed by atoms with Gasteiger partial charge in [-0.3, -0.25) is 0 Å². The van der Waals surface area contributed by atoms with Gasteiger partial charge in [-0.2, -0.15) is 0 Å². The van der Waals surface area contributed by atoms with Crippen molar-refractivity contribution in [3.05, 3.63) is 131 Å². The molecular weight excluding hydrogens is 665 g/mol. The number of esters is 2. The molecule has 0 bridgehead atoms. The van der Waals surface area contributed by atoms with E-state index in [1.165, 1.54) is 0 Å². The Morgan fingerprint density at radius 2 is 1.00 bits per heavy atom. The van der Waals surface area contributed by atoms with Gasteiger partial charge in [0.1, 0.15) is 30.3 Å². The predicted molar refractivity (Wildman–Crippen MR) is 203 cm³/mol. The van der Waals surface area contributed by atoms with Crippen LogP contribution in [0.25, 0.3) is 11.1 Å². The second kappa shape index (κ2) is 19.0. The lowest BCUT2D eigenvalue weighted by Crippen LogP contribution is -2.03. The monoisotopic (exact) mass is 702 g/mol. The quantitative estimate of drug-likeness (QED) is 0.0452. The molecule has 0 amide bonds. The molecule has 0 saturated heterocycles. The first-order valence-electron chi connectivity index (χ1n) is 15.7. The van der Waals surface area contributed by atoms with E-state index in [0.717, 1.165) is 60.9 Å². The van der Waals surface area contributed by atoms with Gasteiger partial charge in [-0.1, -0.05) is 49.0 Å². The van der Waals surface area contributed by atoms with Gasteiger partial charge >= 0.3 is 11.9 Å².